The number of hydrogen-bond acceptors (Lipinski definition) is 2. The lowest BCUT2D eigenvalue weighted by Crippen LogP contribution is -2.38. The molecule has 0 fully saturated rings. The van der Waals surface area contributed by atoms with Gasteiger partial charge in [0.05, 0.1) is 16.1 Å². The highest BCUT2D eigenvalue weighted by atomic mass is 35.5. The van der Waals surface area contributed by atoms with Gasteiger partial charge in [-0.15, -0.1) is 0 Å². The molecule has 0 heterocycles. The maximum absolute atomic E-state index is 9.94. The van der Waals surface area contributed by atoms with Crippen LogP contribution in [-0.2, 0) is 0 Å². The first-order chi connectivity index (χ1) is 7.28. The Kier molecular flexibility index (Phi) is 4.62. The summed E-state index contributed by atoms with van der Waals surface area (Å²) in [5.74, 6) is 0. The number of nitrogens with one attached hydrogen (secondary N) is 1. The van der Waals surface area contributed by atoms with Crippen molar-refractivity contribution >= 4 is 23.2 Å². The van der Waals surface area contributed by atoms with Gasteiger partial charge in [0.2, 0.25) is 0 Å². The molecule has 1 aromatic carbocycles. The molecule has 89 valence electrons. The lowest BCUT2D eigenvalue weighted by molar-refractivity contribution is 0.163. The van der Waals surface area contributed by atoms with Crippen molar-refractivity contribution in [1.29, 1.82) is 0 Å². The van der Waals surface area contributed by atoms with E-state index >= 15 is 0 Å². The van der Waals surface area contributed by atoms with Crippen LogP contribution in [0.15, 0.2) is 12.1 Å². The molecule has 1 atom stereocenters. The van der Waals surface area contributed by atoms with Crippen LogP contribution in [0.4, 0.5) is 0 Å². The number of β-amino-alcohol motifs (C(OH)–C–C–N with tert-alkyl or cyclic N) is 1. The number of benzene rings is 1. The van der Waals surface area contributed by atoms with Crippen molar-refractivity contribution < 1.29 is 5.11 Å². The largest absolute Gasteiger partial charge is 0.387 e. The van der Waals surface area contributed by atoms with Crippen molar-refractivity contribution in [2.24, 2.45) is 0 Å². The minimum atomic E-state index is -0.621. The van der Waals surface area contributed by atoms with E-state index < -0.39 is 6.10 Å². The highest BCUT2D eigenvalue weighted by Crippen LogP contribution is 2.22. The third kappa shape index (κ3) is 4.71. The van der Waals surface area contributed by atoms with Crippen LogP contribution >= 0.6 is 23.2 Å². The van der Waals surface area contributed by atoms with Gasteiger partial charge in [-0.25, -0.2) is 0 Å². The van der Waals surface area contributed by atoms with E-state index in [1.165, 1.54) is 0 Å². The van der Waals surface area contributed by atoms with Crippen LogP contribution in [0.1, 0.15) is 32.4 Å². The zero-order chi connectivity index (χ0) is 12.3. The molecule has 2 nitrogen and oxygen atoms in total. The molecular weight excluding hydrogens is 245 g/mol. The van der Waals surface area contributed by atoms with Gasteiger partial charge in [0.1, 0.15) is 0 Å². The first kappa shape index (κ1) is 13.8. The molecule has 0 aromatic heterocycles. The maximum Gasteiger partial charge on any atom is 0.0915 e. The number of aliphatic hydroxyl groups is 1. The summed E-state index contributed by atoms with van der Waals surface area (Å²) in [5, 5.41) is 14.0. The molecule has 0 saturated heterocycles. The van der Waals surface area contributed by atoms with Crippen LogP contribution in [0.25, 0.3) is 0 Å². The standard InChI is InChI=1S/C12H16Cl2NO/c1-12(2,3)15-7-11(16)8-4-9(13)6-10(14)5-8/h4-5,11,15-16H,7H2,1-3H3. The molecule has 16 heavy (non-hydrogen) atoms. The molecule has 0 bridgehead atoms. The van der Waals surface area contributed by atoms with Crippen LogP contribution in [0.2, 0.25) is 10.0 Å². The van der Waals surface area contributed by atoms with Gasteiger partial charge in [0, 0.05) is 18.2 Å². The average molecular weight is 261 g/mol. The second-order valence-corrected chi connectivity index (χ2v) is 5.57. The molecule has 0 aliphatic carbocycles. The summed E-state index contributed by atoms with van der Waals surface area (Å²) < 4.78 is 0. The first-order valence-electron chi connectivity index (χ1n) is 5.09. The fraction of sp³-hybridized carbons (Fsp3) is 0.500. The Morgan fingerprint density at radius 3 is 2.25 bits per heavy atom. The Morgan fingerprint density at radius 2 is 1.81 bits per heavy atom. The van der Waals surface area contributed by atoms with Crippen molar-refractivity contribution in [3.63, 3.8) is 0 Å². The third-order valence-electron chi connectivity index (χ3n) is 2.04. The second kappa shape index (κ2) is 5.37. The van der Waals surface area contributed by atoms with E-state index in [-0.39, 0.29) is 5.54 Å². The molecule has 0 aliphatic heterocycles. The van der Waals surface area contributed by atoms with Crippen LogP contribution in [0.3, 0.4) is 0 Å². The minimum Gasteiger partial charge on any atom is -0.387 e. The SMILES string of the molecule is CC(C)(C)NCC(O)c1cc(Cl)[c]c(Cl)c1. The van der Waals surface area contributed by atoms with Gasteiger partial charge in [-0.2, -0.15) is 0 Å². The van der Waals surface area contributed by atoms with Crippen LogP contribution in [-0.4, -0.2) is 17.2 Å². The predicted molar refractivity (Wildman–Crippen MR) is 68.0 cm³/mol. The number of aliphatic hydroxyl groups excluding tert-OH is 1. The zero-order valence-electron chi connectivity index (χ0n) is 9.64. The van der Waals surface area contributed by atoms with E-state index in [1.807, 2.05) is 20.8 Å². The summed E-state index contributed by atoms with van der Waals surface area (Å²) in [7, 11) is 0. The molecule has 1 rings (SSSR count). The second-order valence-electron chi connectivity index (χ2n) is 4.76. The van der Waals surface area contributed by atoms with E-state index in [1.54, 1.807) is 12.1 Å². The highest BCUT2D eigenvalue weighted by Gasteiger charge is 2.14. The lowest BCUT2D eigenvalue weighted by atomic mass is 10.1. The van der Waals surface area contributed by atoms with Crippen molar-refractivity contribution in [2.75, 3.05) is 6.54 Å². The Balaban J connectivity index is 2.69. The highest BCUT2D eigenvalue weighted by molar-refractivity contribution is 6.34. The van der Waals surface area contributed by atoms with Crippen LogP contribution in [0.5, 0.6) is 0 Å². The summed E-state index contributed by atoms with van der Waals surface area (Å²) in [4.78, 5) is 0. The maximum atomic E-state index is 9.94. The Bertz CT molecular complexity index is 340. The molecule has 0 amide bonds. The lowest BCUT2D eigenvalue weighted by Gasteiger charge is -2.23. The van der Waals surface area contributed by atoms with Crippen molar-refractivity contribution in [3.8, 4) is 0 Å². The molecule has 1 aromatic rings. The summed E-state index contributed by atoms with van der Waals surface area (Å²) in [5.41, 5.74) is 0.667. The Hall–Kier alpha value is -0.280. The van der Waals surface area contributed by atoms with E-state index in [0.29, 0.717) is 22.2 Å². The van der Waals surface area contributed by atoms with Crippen molar-refractivity contribution in [3.05, 3.63) is 33.8 Å². The van der Waals surface area contributed by atoms with Gasteiger partial charge >= 0.3 is 0 Å². The van der Waals surface area contributed by atoms with Crippen LogP contribution in [0, 0.1) is 6.07 Å². The number of halogens is 2. The third-order valence-corrected chi connectivity index (χ3v) is 2.44. The summed E-state index contributed by atoms with van der Waals surface area (Å²) in [6.07, 6.45) is -0.621. The average Bonchev–Trinajstić information content (AvgIpc) is 2.11. The molecule has 1 unspecified atom stereocenters. The van der Waals surface area contributed by atoms with Gasteiger partial charge in [-0.1, -0.05) is 23.2 Å². The monoisotopic (exact) mass is 260 g/mol. The number of hydrogen-bond donors (Lipinski definition) is 2. The minimum absolute atomic E-state index is 0.0323. The molecule has 0 aliphatic rings. The normalized spacial score (nSPS) is 13.9. The zero-order valence-corrected chi connectivity index (χ0v) is 11.2. The quantitative estimate of drug-likeness (QED) is 0.875. The predicted octanol–water partition coefficient (Wildman–Crippen LogP) is 3.22. The molecule has 0 spiro atoms. The van der Waals surface area contributed by atoms with Gasteiger partial charge in [0.25, 0.3) is 0 Å². The molecule has 2 N–H and O–H groups in total. The molecule has 4 heteroatoms. The van der Waals surface area contributed by atoms with Crippen LogP contribution < -0.4 is 5.32 Å². The Labute approximate surface area is 107 Å². The van der Waals surface area contributed by atoms with Gasteiger partial charge in [-0.3, -0.25) is 0 Å². The molecule has 1 radical (unpaired) electrons. The summed E-state index contributed by atoms with van der Waals surface area (Å²) in [6, 6.07) is 6.08. The van der Waals surface area contributed by atoms with Gasteiger partial charge in [0.15, 0.2) is 0 Å². The first-order valence-corrected chi connectivity index (χ1v) is 5.85. The fourth-order valence-corrected chi connectivity index (χ4v) is 1.74. The van der Waals surface area contributed by atoms with Crippen molar-refractivity contribution in [1.82, 2.24) is 5.32 Å². The smallest absolute Gasteiger partial charge is 0.0915 e. The van der Waals surface area contributed by atoms with E-state index in [9.17, 15) is 5.11 Å². The number of rotatable bonds is 3. The molecule has 0 saturated carbocycles. The molecular formula is C12H16Cl2NO. The van der Waals surface area contributed by atoms with Gasteiger partial charge in [-0.05, 0) is 38.5 Å². The topological polar surface area (TPSA) is 32.3 Å². The fourth-order valence-electron chi connectivity index (χ4n) is 1.23. The van der Waals surface area contributed by atoms with E-state index in [2.05, 4.69) is 11.4 Å². The summed E-state index contributed by atoms with van der Waals surface area (Å²) >= 11 is 11.6. The van der Waals surface area contributed by atoms with E-state index in [0.717, 1.165) is 0 Å². The van der Waals surface area contributed by atoms with Crippen molar-refractivity contribution in [2.45, 2.75) is 32.4 Å². The van der Waals surface area contributed by atoms with E-state index in [4.69, 9.17) is 23.2 Å². The van der Waals surface area contributed by atoms with Gasteiger partial charge < -0.3 is 10.4 Å². The Morgan fingerprint density at radius 1 is 1.31 bits per heavy atom. The summed E-state index contributed by atoms with van der Waals surface area (Å²) in [6.45, 7) is 6.58.